The Labute approximate surface area is 134 Å². The van der Waals surface area contributed by atoms with E-state index in [4.69, 9.17) is 5.73 Å². The van der Waals surface area contributed by atoms with Gasteiger partial charge >= 0.3 is 19.5 Å². The van der Waals surface area contributed by atoms with Gasteiger partial charge in [-0.05, 0) is 37.1 Å². The molecule has 0 heterocycles. The van der Waals surface area contributed by atoms with Gasteiger partial charge in [-0.15, -0.1) is 0 Å². The third-order valence-corrected chi connectivity index (χ3v) is 2.84. The number of amides is 1. The van der Waals surface area contributed by atoms with Crippen molar-refractivity contribution in [3.63, 3.8) is 0 Å². The van der Waals surface area contributed by atoms with E-state index >= 15 is 0 Å². The van der Waals surface area contributed by atoms with Crippen molar-refractivity contribution in [2.45, 2.75) is 18.9 Å². The Morgan fingerprint density at radius 1 is 1.19 bits per heavy atom. The molecule has 0 fully saturated rings. The molecule has 1 aromatic carbocycles. The summed E-state index contributed by atoms with van der Waals surface area (Å²) in [6, 6.07) is 4.60. The fourth-order valence-corrected chi connectivity index (χ4v) is 1.70. The molecule has 0 bridgehead atoms. The van der Waals surface area contributed by atoms with Gasteiger partial charge in [0.1, 0.15) is 0 Å². The second-order valence-electron chi connectivity index (χ2n) is 4.28. The Kier molecular flexibility index (Phi) is 7.59. The molecule has 1 rings (SSSR count). The maximum absolute atomic E-state index is 12.1. The van der Waals surface area contributed by atoms with Crippen LogP contribution in [0.3, 0.4) is 0 Å². The van der Waals surface area contributed by atoms with Gasteiger partial charge in [0, 0.05) is 24.3 Å². The molecule has 0 saturated heterocycles. The van der Waals surface area contributed by atoms with Crippen LogP contribution in [0.15, 0.2) is 24.3 Å². The van der Waals surface area contributed by atoms with Crippen molar-refractivity contribution < 1.29 is 44.1 Å². The number of hydrogen-bond acceptors (Lipinski definition) is 6. The summed E-state index contributed by atoms with van der Waals surface area (Å²) >= 11 is 0. The number of likely N-dealkylation sites (N-methyl/N-ethyl adjacent to an activating group) is 1. The normalized spacial score (nSPS) is 11.1. The summed E-state index contributed by atoms with van der Waals surface area (Å²) in [5.41, 5.74) is 6.21. The van der Waals surface area contributed by atoms with Gasteiger partial charge < -0.3 is 30.4 Å². The van der Waals surface area contributed by atoms with Gasteiger partial charge in [0.05, 0.1) is 12.0 Å². The predicted octanol–water partition coefficient (Wildman–Crippen LogP) is -2.01. The first-order chi connectivity index (χ1) is 9.32. The van der Waals surface area contributed by atoms with Gasteiger partial charge in [-0.1, -0.05) is 0 Å². The number of nitrogens with zero attached hydrogens (tertiary/aromatic N) is 1. The molecule has 8 heteroatoms. The van der Waals surface area contributed by atoms with Crippen molar-refractivity contribution in [3.05, 3.63) is 29.8 Å². The van der Waals surface area contributed by atoms with E-state index in [1.807, 2.05) is 0 Å². The molecule has 1 unspecified atom stereocenters. The predicted molar refractivity (Wildman–Crippen MR) is 66.0 cm³/mol. The van der Waals surface area contributed by atoms with Crippen LogP contribution in [-0.2, 0) is 29.1 Å². The summed E-state index contributed by atoms with van der Waals surface area (Å²) in [5, 5.41) is 21.4. The molecule has 1 atom stereocenters. The molecule has 2 N–H and O–H groups in total. The van der Waals surface area contributed by atoms with Crippen molar-refractivity contribution >= 4 is 23.5 Å². The molecule has 108 valence electrons. The average molecular weight is 344 g/mol. The molecule has 1 amide bonds. The number of anilines is 1. The van der Waals surface area contributed by atoms with Crippen molar-refractivity contribution in [2.24, 2.45) is 0 Å². The van der Waals surface area contributed by atoms with Crippen LogP contribution in [0.5, 0.6) is 0 Å². The van der Waals surface area contributed by atoms with Gasteiger partial charge in [-0.25, -0.2) is 0 Å². The summed E-state index contributed by atoms with van der Waals surface area (Å²) in [6.45, 7) is 0. The number of carboxylic acids is 2. The largest absolute Gasteiger partial charge is 2.00 e. The first kappa shape index (κ1) is 19.1. The minimum absolute atomic E-state index is 0. The maximum Gasteiger partial charge on any atom is 2.00 e. The summed E-state index contributed by atoms with van der Waals surface area (Å²) in [5.74, 6) is -3.46. The van der Waals surface area contributed by atoms with Crippen LogP contribution in [0.1, 0.15) is 23.2 Å². The van der Waals surface area contributed by atoms with Crippen LogP contribution < -0.4 is 15.9 Å². The van der Waals surface area contributed by atoms with Gasteiger partial charge in [0.25, 0.3) is 5.91 Å². The van der Waals surface area contributed by atoms with E-state index in [2.05, 4.69) is 0 Å². The number of nitrogens with two attached hydrogens (primary N) is 1. The van der Waals surface area contributed by atoms with Gasteiger partial charge in [0.2, 0.25) is 0 Å². The molecule has 0 aliphatic rings. The molecule has 0 saturated carbocycles. The summed E-state index contributed by atoms with van der Waals surface area (Å²) < 4.78 is 0. The second kappa shape index (κ2) is 8.36. The first-order valence-corrected chi connectivity index (χ1v) is 5.86. The summed E-state index contributed by atoms with van der Waals surface area (Å²) in [7, 11) is 1.27. The number of rotatable bonds is 6. The average Bonchev–Trinajstić information content (AvgIpc) is 2.38. The fourth-order valence-electron chi connectivity index (χ4n) is 1.70. The van der Waals surface area contributed by atoms with Crippen LogP contribution >= 0.6 is 0 Å². The van der Waals surface area contributed by atoms with Crippen molar-refractivity contribution in [1.29, 1.82) is 0 Å². The molecule has 0 aromatic heterocycles. The monoisotopic (exact) mass is 342 g/mol. The van der Waals surface area contributed by atoms with E-state index in [0.29, 0.717) is 5.69 Å². The molecule has 1 aromatic rings. The smallest absolute Gasteiger partial charge is 0.550 e. The molecule has 0 radical (unpaired) electrons. The van der Waals surface area contributed by atoms with E-state index in [0.717, 1.165) is 4.90 Å². The standard InChI is InChI=1S/C13H16N2O5.Zn/c1-15(10(13(19)20)6-7-11(16)17)12(18)8-2-4-9(14)5-3-8;/h2-5,10H,6-7,14H2,1H3,(H,16,17)(H,19,20);/q;+2/p-2. The number of benzene rings is 1. The van der Waals surface area contributed by atoms with Crippen LogP contribution in [0.4, 0.5) is 5.69 Å². The number of carbonyl (C=O) groups excluding carboxylic acids is 3. The van der Waals surface area contributed by atoms with Crippen LogP contribution in [-0.4, -0.2) is 35.8 Å². The molecule has 0 aliphatic carbocycles. The Balaban J connectivity index is 0.00000400. The number of hydrogen-bond donors (Lipinski definition) is 1. The maximum atomic E-state index is 12.1. The third kappa shape index (κ3) is 5.51. The van der Waals surface area contributed by atoms with E-state index < -0.39 is 30.3 Å². The zero-order chi connectivity index (χ0) is 15.3. The first-order valence-electron chi connectivity index (χ1n) is 5.86. The van der Waals surface area contributed by atoms with Crippen molar-refractivity contribution in [1.82, 2.24) is 4.90 Å². The van der Waals surface area contributed by atoms with Gasteiger partial charge in [-0.3, -0.25) is 4.79 Å². The Morgan fingerprint density at radius 3 is 2.14 bits per heavy atom. The molecular formula is C13H14N2O5Zn. The minimum atomic E-state index is -1.52. The molecule has 0 aliphatic heterocycles. The quantitative estimate of drug-likeness (QED) is 0.469. The molecular weight excluding hydrogens is 330 g/mol. The second-order valence-corrected chi connectivity index (χ2v) is 4.28. The minimum Gasteiger partial charge on any atom is -0.550 e. The SMILES string of the molecule is CN(C(=O)c1ccc(N)cc1)C(CCC(=O)[O-])C(=O)[O-].[Zn+2]. The zero-order valence-electron chi connectivity index (χ0n) is 11.6. The number of aliphatic carboxylic acids is 2. The number of carboxylic acid groups (broad SMARTS) is 2. The van der Waals surface area contributed by atoms with Crippen LogP contribution in [0.25, 0.3) is 0 Å². The molecule has 0 spiro atoms. The summed E-state index contributed by atoms with van der Waals surface area (Å²) in [6.07, 6.45) is -0.750. The fraction of sp³-hybridized carbons (Fsp3) is 0.308. The third-order valence-electron chi connectivity index (χ3n) is 2.84. The summed E-state index contributed by atoms with van der Waals surface area (Å²) in [4.78, 5) is 34.4. The van der Waals surface area contributed by atoms with Crippen molar-refractivity contribution in [2.75, 3.05) is 12.8 Å². The Bertz CT molecular complexity index is 518. The van der Waals surface area contributed by atoms with Crippen molar-refractivity contribution in [3.8, 4) is 0 Å². The van der Waals surface area contributed by atoms with Crippen LogP contribution in [0.2, 0.25) is 0 Å². The molecule has 7 nitrogen and oxygen atoms in total. The van der Waals surface area contributed by atoms with E-state index in [1.165, 1.54) is 31.3 Å². The van der Waals surface area contributed by atoms with Gasteiger partial charge in [-0.2, -0.15) is 0 Å². The topological polar surface area (TPSA) is 127 Å². The van der Waals surface area contributed by atoms with E-state index in [9.17, 15) is 24.6 Å². The Morgan fingerprint density at radius 2 is 1.71 bits per heavy atom. The van der Waals surface area contributed by atoms with E-state index in [-0.39, 0.29) is 31.5 Å². The zero-order valence-corrected chi connectivity index (χ0v) is 14.5. The van der Waals surface area contributed by atoms with Gasteiger partial charge in [0.15, 0.2) is 0 Å². The van der Waals surface area contributed by atoms with Crippen LogP contribution in [0, 0.1) is 0 Å². The Hall–Kier alpha value is -1.95. The molecule has 21 heavy (non-hydrogen) atoms. The number of carbonyl (C=O) groups is 3. The number of nitrogen functional groups attached to an aromatic ring is 1. The van der Waals surface area contributed by atoms with E-state index in [1.54, 1.807) is 0 Å².